The maximum Gasteiger partial charge on any atom is 0.302 e. The van der Waals surface area contributed by atoms with Crippen molar-refractivity contribution < 1.29 is 19.7 Å². The Hall–Kier alpha value is -2.23. The molecule has 1 aliphatic rings. The maximum atomic E-state index is 11.2. The van der Waals surface area contributed by atoms with Crippen molar-refractivity contribution in [3.05, 3.63) is 47.1 Å². The number of carbonyl (C=O) groups is 1. The van der Waals surface area contributed by atoms with Crippen LogP contribution in [0.1, 0.15) is 96.6 Å². The van der Waals surface area contributed by atoms with Gasteiger partial charge in [-0.3, -0.25) is 4.79 Å². The number of esters is 1. The molecule has 0 bridgehead atoms. The monoisotopic (exact) mass is 428 g/mol. The highest BCUT2D eigenvalue weighted by atomic mass is 16.5. The van der Waals surface area contributed by atoms with Crippen molar-refractivity contribution in [2.45, 2.75) is 90.9 Å². The number of aromatic hydroxyl groups is 2. The van der Waals surface area contributed by atoms with Crippen molar-refractivity contribution >= 4 is 5.97 Å². The lowest BCUT2D eigenvalue weighted by Crippen LogP contribution is -2.21. The number of carbonyl (C=O) groups excluding carboxylic acids is 1. The molecular formula is C27H40O4. The second-order valence-corrected chi connectivity index (χ2v) is 9.75. The Balaban J connectivity index is 2.35. The van der Waals surface area contributed by atoms with E-state index in [-0.39, 0.29) is 41.3 Å². The van der Waals surface area contributed by atoms with Gasteiger partial charge in [0.1, 0.15) is 18.1 Å². The predicted molar refractivity (Wildman–Crippen MR) is 127 cm³/mol. The highest BCUT2D eigenvalue weighted by Gasteiger charge is 2.32. The lowest BCUT2D eigenvalue weighted by molar-refractivity contribution is -0.140. The highest BCUT2D eigenvalue weighted by Crippen LogP contribution is 2.48. The van der Waals surface area contributed by atoms with Crippen LogP contribution < -0.4 is 0 Å². The van der Waals surface area contributed by atoms with Gasteiger partial charge < -0.3 is 14.9 Å². The number of ether oxygens (including phenoxy) is 1. The van der Waals surface area contributed by atoms with Gasteiger partial charge in [-0.15, -0.1) is 0 Å². The van der Waals surface area contributed by atoms with Gasteiger partial charge in [0.2, 0.25) is 0 Å². The van der Waals surface area contributed by atoms with Gasteiger partial charge in [0.25, 0.3) is 0 Å². The first kappa shape index (κ1) is 25.0. The molecule has 2 N–H and O–H groups in total. The molecule has 0 aromatic heterocycles. The van der Waals surface area contributed by atoms with E-state index in [1.54, 1.807) is 0 Å². The molecule has 0 saturated heterocycles. The summed E-state index contributed by atoms with van der Waals surface area (Å²) in [4.78, 5) is 11.2. The van der Waals surface area contributed by atoms with E-state index in [4.69, 9.17) is 4.74 Å². The second kappa shape index (κ2) is 10.9. The molecule has 0 heterocycles. The molecule has 2 atom stereocenters. The van der Waals surface area contributed by atoms with Gasteiger partial charge >= 0.3 is 5.97 Å². The molecule has 4 nitrogen and oxygen atoms in total. The van der Waals surface area contributed by atoms with Crippen LogP contribution in [0.5, 0.6) is 11.5 Å². The topological polar surface area (TPSA) is 66.8 Å². The Morgan fingerprint density at radius 3 is 2.35 bits per heavy atom. The SMILES string of the molecule is C=C(C)C1CCC(COC(C)=O)=CC1c1c(O)cc(C(C)(C)CCCCCC)cc1O. The van der Waals surface area contributed by atoms with Gasteiger partial charge in [0, 0.05) is 18.4 Å². The smallest absolute Gasteiger partial charge is 0.302 e. The minimum Gasteiger partial charge on any atom is -0.507 e. The third-order valence-corrected chi connectivity index (χ3v) is 6.63. The molecule has 1 aromatic rings. The van der Waals surface area contributed by atoms with E-state index < -0.39 is 0 Å². The Kier molecular flexibility index (Phi) is 8.79. The van der Waals surface area contributed by atoms with Gasteiger partial charge in [-0.25, -0.2) is 0 Å². The van der Waals surface area contributed by atoms with Crippen molar-refractivity contribution in [3.8, 4) is 11.5 Å². The quantitative estimate of drug-likeness (QED) is 0.241. The third kappa shape index (κ3) is 6.62. The number of rotatable bonds is 10. The van der Waals surface area contributed by atoms with Crippen LogP contribution in [0.15, 0.2) is 35.9 Å². The summed E-state index contributed by atoms with van der Waals surface area (Å²) < 4.78 is 5.19. The van der Waals surface area contributed by atoms with Crippen LogP contribution in [0, 0.1) is 5.92 Å². The number of hydrogen-bond donors (Lipinski definition) is 2. The molecule has 4 heteroatoms. The van der Waals surface area contributed by atoms with Crippen molar-refractivity contribution in [1.29, 1.82) is 0 Å². The summed E-state index contributed by atoms with van der Waals surface area (Å²) in [6.45, 7) is 14.3. The molecular weight excluding hydrogens is 388 g/mol. The van der Waals surface area contributed by atoms with Crippen LogP contribution in [-0.4, -0.2) is 22.8 Å². The zero-order valence-electron chi connectivity index (χ0n) is 20.0. The first-order valence-corrected chi connectivity index (χ1v) is 11.6. The van der Waals surface area contributed by atoms with Crippen molar-refractivity contribution in [1.82, 2.24) is 0 Å². The zero-order valence-corrected chi connectivity index (χ0v) is 20.0. The number of hydrogen-bond acceptors (Lipinski definition) is 4. The Morgan fingerprint density at radius 1 is 1.16 bits per heavy atom. The molecule has 31 heavy (non-hydrogen) atoms. The Labute approximate surface area is 188 Å². The van der Waals surface area contributed by atoms with Gasteiger partial charge in [-0.1, -0.05) is 64.7 Å². The molecule has 172 valence electrons. The van der Waals surface area contributed by atoms with E-state index in [0.29, 0.717) is 5.56 Å². The van der Waals surface area contributed by atoms with E-state index in [0.717, 1.165) is 42.4 Å². The average molecular weight is 429 g/mol. The highest BCUT2D eigenvalue weighted by molar-refractivity contribution is 5.66. The standard InChI is InChI=1S/C27H40O4/c1-7-8-9-10-13-27(5,6)21-15-24(29)26(25(30)16-21)23-14-20(17-31-19(4)28)11-12-22(23)18(2)3/h14-16,22-23,29-30H,2,7-13,17H2,1,3-6H3. The van der Waals surface area contributed by atoms with Crippen LogP contribution in [0.2, 0.25) is 0 Å². The minimum atomic E-state index is -0.310. The van der Waals surface area contributed by atoms with E-state index in [2.05, 4.69) is 27.4 Å². The number of phenols is 2. The van der Waals surface area contributed by atoms with Crippen LogP contribution in [0.25, 0.3) is 0 Å². The summed E-state index contributed by atoms with van der Waals surface area (Å²) in [6, 6.07) is 3.64. The van der Waals surface area contributed by atoms with Gasteiger partial charge in [0.05, 0.1) is 0 Å². The van der Waals surface area contributed by atoms with Crippen LogP contribution >= 0.6 is 0 Å². The fourth-order valence-corrected chi connectivity index (χ4v) is 4.62. The summed E-state index contributed by atoms with van der Waals surface area (Å²) in [5.74, 6) is -0.143. The summed E-state index contributed by atoms with van der Waals surface area (Å²) >= 11 is 0. The first-order valence-electron chi connectivity index (χ1n) is 11.6. The van der Waals surface area contributed by atoms with Crippen LogP contribution in [-0.2, 0) is 14.9 Å². The van der Waals surface area contributed by atoms with Crippen LogP contribution in [0.3, 0.4) is 0 Å². The van der Waals surface area contributed by atoms with E-state index in [9.17, 15) is 15.0 Å². The van der Waals surface area contributed by atoms with E-state index in [1.165, 1.54) is 26.2 Å². The van der Waals surface area contributed by atoms with Crippen molar-refractivity contribution in [2.24, 2.45) is 5.92 Å². The van der Waals surface area contributed by atoms with E-state index >= 15 is 0 Å². The molecule has 0 spiro atoms. The Bertz CT molecular complexity index is 796. The van der Waals surface area contributed by atoms with Crippen molar-refractivity contribution in [3.63, 3.8) is 0 Å². The normalized spacial score (nSPS) is 19.1. The summed E-state index contributed by atoms with van der Waals surface area (Å²) in [6.07, 6.45) is 9.47. The van der Waals surface area contributed by atoms with Crippen molar-refractivity contribution in [2.75, 3.05) is 6.61 Å². The molecule has 1 aliphatic carbocycles. The summed E-state index contributed by atoms with van der Waals surface area (Å²) in [7, 11) is 0. The molecule has 0 radical (unpaired) electrons. The molecule has 0 amide bonds. The largest absolute Gasteiger partial charge is 0.507 e. The van der Waals surface area contributed by atoms with Crippen LogP contribution in [0.4, 0.5) is 0 Å². The zero-order chi connectivity index (χ0) is 23.2. The van der Waals surface area contributed by atoms with Gasteiger partial charge in [0.15, 0.2) is 0 Å². The fraction of sp³-hybridized carbons (Fsp3) is 0.593. The minimum absolute atomic E-state index is 0.116. The van der Waals surface area contributed by atoms with E-state index in [1.807, 2.05) is 25.1 Å². The average Bonchev–Trinajstić information content (AvgIpc) is 2.69. The molecule has 2 unspecified atom stereocenters. The summed E-state index contributed by atoms with van der Waals surface area (Å²) in [5, 5.41) is 22.0. The van der Waals surface area contributed by atoms with Gasteiger partial charge in [-0.05, 0) is 60.8 Å². The number of allylic oxidation sites excluding steroid dienone is 2. The maximum absolute atomic E-state index is 11.2. The number of phenolic OH excluding ortho intramolecular Hbond substituents is 2. The molecule has 0 fully saturated rings. The lowest BCUT2D eigenvalue weighted by atomic mass is 9.72. The van der Waals surface area contributed by atoms with Gasteiger partial charge in [-0.2, -0.15) is 0 Å². The molecule has 0 saturated carbocycles. The fourth-order valence-electron chi connectivity index (χ4n) is 4.62. The molecule has 2 rings (SSSR count). The molecule has 1 aromatic carbocycles. The number of benzene rings is 1. The summed E-state index contributed by atoms with van der Waals surface area (Å²) in [5.41, 5.74) is 3.40. The number of unbranched alkanes of at least 4 members (excludes halogenated alkanes) is 3. The predicted octanol–water partition coefficient (Wildman–Crippen LogP) is 6.91. The lowest BCUT2D eigenvalue weighted by Gasteiger charge is -2.33. The third-order valence-electron chi connectivity index (χ3n) is 6.63. The Morgan fingerprint density at radius 2 is 1.81 bits per heavy atom. The molecule has 0 aliphatic heterocycles. The second-order valence-electron chi connectivity index (χ2n) is 9.75. The first-order chi connectivity index (χ1) is 14.6.